The van der Waals surface area contributed by atoms with Gasteiger partial charge in [0.15, 0.2) is 6.61 Å². The van der Waals surface area contributed by atoms with E-state index in [0.717, 1.165) is 11.1 Å². The van der Waals surface area contributed by atoms with E-state index in [1.165, 1.54) is 6.08 Å². The van der Waals surface area contributed by atoms with E-state index in [4.69, 9.17) is 4.74 Å². The fourth-order valence-corrected chi connectivity index (χ4v) is 1.01. The van der Waals surface area contributed by atoms with Crippen LogP contribution in [0.3, 0.4) is 0 Å². The Morgan fingerprint density at radius 1 is 1.29 bits per heavy atom. The van der Waals surface area contributed by atoms with Crippen LogP contribution in [0.25, 0.3) is 0 Å². The molecule has 0 aliphatic rings. The van der Waals surface area contributed by atoms with Crippen molar-refractivity contribution in [3.63, 3.8) is 0 Å². The SMILES string of the molecule is CC(C)=C=CC(=O)OCC#Cc1ccccc1. The van der Waals surface area contributed by atoms with Gasteiger partial charge in [-0.1, -0.05) is 30.0 Å². The van der Waals surface area contributed by atoms with E-state index in [2.05, 4.69) is 17.6 Å². The highest BCUT2D eigenvalue weighted by Crippen LogP contribution is 1.94. The van der Waals surface area contributed by atoms with E-state index in [-0.39, 0.29) is 6.61 Å². The third-order valence-electron chi connectivity index (χ3n) is 1.77. The molecule has 0 saturated carbocycles. The Kier molecular flexibility index (Phi) is 5.37. The van der Waals surface area contributed by atoms with Gasteiger partial charge in [0.2, 0.25) is 0 Å². The van der Waals surface area contributed by atoms with Crippen molar-refractivity contribution in [3.05, 3.63) is 53.3 Å². The van der Waals surface area contributed by atoms with E-state index >= 15 is 0 Å². The van der Waals surface area contributed by atoms with Gasteiger partial charge in [-0.2, -0.15) is 0 Å². The molecule has 1 aromatic rings. The molecule has 86 valence electrons. The number of hydrogen-bond donors (Lipinski definition) is 0. The lowest BCUT2D eigenvalue weighted by molar-refractivity contribution is -0.136. The minimum absolute atomic E-state index is 0.0919. The second-order valence-corrected chi connectivity index (χ2v) is 3.56. The Hall–Kier alpha value is -2.23. The summed E-state index contributed by atoms with van der Waals surface area (Å²) >= 11 is 0. The number of rotatable bonds is 2. The summed E-state index contributed by atoms with van der Waals surface area (Å²) in [6, 6.07) is 9.55. The molecule has 0 fully saturated rings. The number of benzene rings is 1. The first-order valence-electron chi connectivity index (χ1n) is 5.29. The maximum absolute atomic E-state index is 11.1. The van der Waals surface area contributed by atoms with Crippen LogP contribution in [-0.2, 0) is 9.53 Å². The van der Waals surface area contributed by atoms with Gasteiger partial charge in [-0.25, -0.2) is 4.79 Å². The fourth-order valence-electron chi connectivity index (χ4n) is 1.01. The average molecular weight is 226 g/mol. The van der Waals surface area contributed by atoms with Crippen molar-refractivity contribution in [2.24, 2.45) is 0 Å². The number of hydrogen-bond acceptors (Lipinski definition) is 2. The number of carbonyl (C=O) groups is 1. The Balaban J connectivity index is 2.42. The first-order chi connectivity index (χ1) is 8.18. The summed E-state index contributed by atoms with van der Waals surface area (Å²) in [6.45, 7) is 3.81. The van der Waals surface area contributed by atoms with Crippen LogP contribution in [0.15, 0.2) is 47.7 Å². The second kappa shape index (κ2) is 7.11. The molecule has 0 unspecified atom stereocenters. The molecular weight excluding hydrogens is 212 g/mol. The van der Waals surface area contributed by atoms with Crippen LogP contribution in [0.2, 0.25) is 0 Å². The van der Waals surface area contributed by atoms with Gasteiger partial charge >= 0.3 is 5.97 Å². The van der Waals surface area contributed by atoms with Gasteiger partial charge in [-0.3, -0.25) is 0 Å². The minimum atomic E-state index is -0.423. The Morgan fingerprint density at radius 3 is 2.65 bits per heavy atom. The summed E-state index contributed by atoms with van der Waals surface area (Å²) < 4.78 is 4.87. The molecule has 0 N–H and O–H groups in total. The summed E-state index contributed by atoms with van der Waals surface area (Å²) in [5, 5.41) is 0. The van der Waals surface area contributed by atoms with Crippen molar-refractivity contribution >= 4 is 5.97 Å². The van der Waals surface area contributed by atoms with Crippen molar-refractivity contribution in [1.29, 1.82) is 0 Å². The summed E-state index contributed by atoms with van der Waals surface area (Å²) in [7, 11) is 0. The van der Waals surface area contributed by atoms with Gasteiger partial charge in [-0.15, -0.1) is 5.73 Å². The quantitative estimate of drug-likeness (QED) is 0.335. The molecule has 0 atom stereocenters. The smallest absolute Gasteiger partial charge is 0.339 e. The third kappa shape index (κ3) is 6.04. The van der Waals surface area contributed by atoms with E-state index in [9.17, 15) is 4.79 Å². The van der Waals surface area contributed by atoms with E-state index in [1.54, 1.807) is 0 Å². The van der Waals surface area contributed by atoms with Crippen LogP contribution < -0.4 is 0 Å². The van der Waals surface area contributed by atoms with Gasteiger partial charge in [-0.05, 0) is 31.6 Å². The Morgan fingerprint density at radius 2 is 2.00 bits per heavy atom. The number of ether oxygens (including phenoxy) is 1. The molecule has 0 amide bonds. The predicted molar refractivity (Wildman–Crippen MR) is 67.2 cm³/mol. The molecule has 0 saturated heterocycles. The average Bonchev–Trinajstić information content (AvgIpc) is 2.33. The first-order valence-corrected chi connectivity index (χ1v) is 5.29. The molecule has 2 nitrogen and oxygen atoms in total. The van der Waals surface area contributed by atoms with E-state index in [1.807, 2.05) is 44.2 Å². The van der Waals surface area contributed by atoms with E-state index in [0.29, 0.717) is 0 Å². The summed E-state index contributed by atoms with van der Waals surface area (Å²) in [5.41, 5.74) is 4.61. The Bertz CT molecular complexity index is 491. The zero-order valence-corrected chi connectivity index (χ0v) is 9.99. The minimum Gasteiger partial charge on any atom is -0.449 e. The van der Waals surface area contributed by atoms with Crippen molar-refractivity contribution in [2.75, 3.05) is 6.61 Å². The lowest BCUT2D eigenvalue weighted by Crippen LogP contribution is -1.99. The molecular formula is C15H14O2. The maximum Gasteiger partial charge on any atom is 0.339 e. The van der Waals surface area contributed by atoms with Crippen LogP contribution in [0.5, 0.6) is 0 Å². The highest BCUT2D eigenvalue weighted by Gasteiger charge is 1.92. The topological polar surface area (TPSA) is 26.3 Å². The molecule has 1 rings (SSSR count). The van der Waals surface area contributed by atoms with Crippen LogP contribution in [0.1, 0.15) is 19.4 Å². The summed E-state index contributed by atoms with van der Waals surface area (Å²) in [4.78, 5) is 11.1. The third-order valence-corrected chi connectivity index (χ3v) is 1.77. The van der Waals surface area contributed by atoms with E-state index < -0.39 is 5.97 Å². The normalized spacial score (nSPS) is 8.35. The molecule has 17 heavy (non-hydrogen) atoms. The fraction of sp³-hybridized carbons (Fsp3) is 0.200. The van der Waals surface area contributed by atoms with Crippen molar-refractivity contribution in [1.82, 2.24) is 0 Å². The van der Waals surface area contributed by atoms with Gasteiger partial charge in [0.05, 0.1) is 6.08 Å². The molecule has 0 aliphatic carbocycles. The standard InChI is InChI=1S/C15H14O2/c1-13(2)10-11-15(16)17-12-6-9-14-7-4-3-5-8-14/h3-5,7-8,11H,12H2,1-2H3. The highest BCUT2D eigenvalue weighted by molar-refractivity contribution is 5.81. The zero-order chi connectivity index (χ0) is 12.5. The monoisotopic (exact) mass is 226 g/mol. The molecule has 0 aliphatic heterocycles. The molecule has 0 aromatic heterocycles. The van der Waals surface area contributed by atoms with Gasteiger partial charge in [0.25, 0.3) is 0 Å². The van der Waals surface area contributed by atoms with Crippen molar-refractivity contribution < 1.29 is 9.53 Å². The van der Waals surface area contributed by atoms with Crippen LogP contribution in [-0.4, -0.2) is 12.6 Å². The Labute approximate surface area is 102 Å². The largest absolute Gasteiger partial charge is 0.449 e. The van der Waals surface area contributed by atoms with Gasteiger partial charge in [0, 0.05) is 5.56 Å². The molecule has 0 bridgehead atoms. The maximum atomic E-state index is 11.1. The zero-order valence-electron chi connectivity index (χ0n) is 9.99. The number of esters is 1. The predicted octanol–water partition coefficient (Wildman–Crippen LogP) is 2.70. The second-order valence-electron chi connectivity index (χ2n) is 3.56. The lowest BCUT2D eigenvalue weighted by Gasteiger charge is -1.92. The van der Waals surface area contributed by atoms with Crippen LogP contribution in [0.4, 0.5) is 0 Å². The van der Waals surface area contributed by atoms with Crippen molar-refractivity contribution in [3.8, 4) is 11.8 Å². The summed E-state index contributed by atoms with van der Waals surface area (Å²) in [6.07, 6.45) is 1.28. The van der Waals surface area contributed by atoms with Gasteiger partial charge in [0.1, 0.15) is 0 Å². The molecule has 1 aromatic carbocycles. The van der Waals surface area contributed by atoms with Gasteiger partial charge < -0.3 is 4.74 Å². The molecule has 0 radical (unpaired) electrons. The van der Waals surface area contributed by atoms with Crippen molar-refractivity contribution in [2.45, 2.75) is 13.8 Å². The molecule has 0 spiro atoms. The molecule has 0 heterocycles. The molecule has 2 heteroatoms. The highest BCUT2D eigenvalue weighted by atomic mass is 16.5. The first kappa shape index (κ1) is 12.8. The number of carbonyl (C=O) groups excluding carboxylic acids is 1. The van der Waals surface area contributed by atoms with Crippen LogP contribution in [0, 0.1) is 11.8 Å². The summed E-state index contributed by atoms with van der Waals surface area (Å²) in [5.74, 6) is 5.25. The van der Waals surface area contributed by atoms with Crippen LogP contribution >= 0.6 is 0 Å². The lowest BCUT2D eigenvalue weighted by atomic mass is 10.2.